The first kappa shape index (κ1) is 29.5. The molecular weight excluding hydrogens is 656 g/mol. The van der Waals surface area contributed by atoms with E-state index in [1.165, 1.54) is 17.2 Å². The predicted octanol–water partition coefficient (Wildman–Crippen LogP) is 0.286. The second-order valence-electron chi connectivity index (χ2n) is 9.80. The van der Waals surface area contributed by atoms with Gasteiger partial charge in [-0.1, -0.05) is 0 Å². The van der Waals surface area contributed by atoms with E-state index in [1.807, 2.05) is 0 Å². The Morgan fingerprint density at radius 3 is 2.52 bits per heavy atom. The van der Waals surface area contributed by atoms with Crippen molar-refractivity contribution in [1.29, 1.82) is 0 Å². The minimum Gasteiger partial charge on any atom is -0.382 e. The predicted molar refractivity (Wildman–Crippen MR) is 146 cm³/mol. The fourth-order valence-electron chi connectivity index (χ4n) is 5.15. The molecule has 4 aromatic rings. The fraction of sp³-hybridized carbons (Fsp3) is 0.500. The van der Waals surface area contributed by atoms with E-state index in [9.17, 15) is 14.3 Å². The molecule has 7 rings (SSSR count). The third-order valence-corrected chi connectivity index (χ3v) is 9.46. The van der Waals surface area contributed by atoms with Gasteiger partial charge in [-0.3, -0.25) is 23.4 Å². The topological polar surface area (TPSA) is 252 Å². The third kappa shape index (κ3) is 5.06. The van der Waals surface area contributed by atoms with E-state index < -0.39 is 83.0 Å². The summed E-state index contributed by atoms with van der Waals surface area (Å²) >= 11 is 5.16. The minimum atomic E-state index is -4.30. The van der Waals surface area contributed by atoms with Gasteiger partial charge < -0.3 is 30.4 Å². The number of nitrogens with one attached hydrogen (secondary N) is 1. The molecule has 10 atom stereocenters. The molecule has 7 heterocycles. The Hall–Kier alpha value is -3.17. The number of nitrogens with zero attached hydrogens (tertiary/aromatic N) is 7. The lowest BCUT2D eigenvalue weighted by molar-refractivity contribution is -0.0580. The van der Waals surface area contributed by atoms with Crippen LogP contribution in [0.3, 0.4) is 0 Å². The number of hydrogen-bond donors (Lipinski definition) is 4. The van der Waals surface area contributed by atoms with Gasteiger partial charge in [-0.05, 0) is 11.8 Å². The van der Waals surface area contributed by atoms with E-state index >= 15 is 8.78 Å². The molecule has 0 spiro atoms. The van der Waals surface area contributed by atoms with E-state index in [-0.39, 0.29) is 34.1 Å². The zero-order valence-electron chi connectivity index (χ0n) is 21.8. The molecule has 0 radical (unpaired) electrons. The number of nitrogens with two attached hydrogens (primary N) is 2. The number of ether oxygens (including phenoxy) is 2. The molecule has 0 aromatic carbocycles. The molecule has 3 aliphatic heterocycles. The van der Waals surface area contributed by atoms with Gasteiger partial charge in [0.05, 0.1) is 19.3 Å². The summed E-state index contributed by atoms with van der Waals surface area (Å²) in [5.74, 6) is -0.201. The highest BCUT2D eigenvalue weighted by Gasteiger charge is 2.55. The normalized spacial score (nSPS) is 35.8. The number of imidazole rings is 2. The van der Waals surface area contributed by atoms with Gasteiger partial charge in [-0.15, -0.1) is 9.05 Å². The molecule has 0 amide bonds. The number of alkyl halides is 2. The Balaban J connectivity index is 1.18. The summed E-state index contributed by atoms with van der Waals surface area (Å²) in [7, 11) is -3.09. The van der Waals surface area contributed by atoms with E-state index in [2.05, 4.69) is 29.9 Å². The Morgan fingerprint density at radius 2 is 1.73 bits per heavy atom. The van der Waals surface area contributed by atoms with Crippen LogP contribution in [0.15, 0.2) is 23.8 Å². The van der Waals surface area contributed by atoms with Crippen LogP contribution in [0.2, 0.25) is 0 Å². The average molecular weight is 677 g/mol. The Bertz CT molecular complexity index is 1880. The fourth-order valence-corrected chi connectivity index (χ4v) is 7.33. The van der Waals surface area contributed by atoms with Gasteiger partial charge in [0.25, 0.3) is 5.56 Å². The Kier molecular flexibility index (Phi) is 7.40. The molecular formula is C20H21F2N10O9P2S+. The van der Waals surface area contributed by atoms with Gasteiger partial charge in [-0.2, -0.15) is 4.98 Å². The van der Waals surface area contributed by atoms with Crippen molar-refractivity contribution in [2.45, 2.75) is 49.2 Å². The lowest BCUT2D eigenvalue weighted by Crippen LogP contribution is -2.33. The molecule has 3 saturated heterocycles. The lowest BCUT2D eigenvalue weighted by atomic mass is 10.1. The number of H-pyrrole nitrogens is 1. The minimum absolute atomic E-state index is 0.0538. The molecule has 234 valence electrons. The van der Waals surface area contributed by atoms with Crippen LogP contribution in [0.5, 0.6) is 0 Å². The van der Waals surface area contributed by atoms with E-state index in [4.69, 9.17) is 50.8 Å². The van der Waals surface area contributed by atoms with Crippen molar-refractivity contribution in [1.82, 2.24) is 39.0 Å². The van der Waals surface area contributed by atoms with Crippen molar-refractivity contribution in [3.05, 3.63) is 29.3 Å². The number of fused-ring (bicyclic) bond motifs is 5. The summed E-state index contributed by atoms with van der Waals surface area (Å²) in [6, 6.07) is 0. The summed E-state index contributed by atoms with van der Waals surface area (Å²) in [5, 5.41) is 0. The molecule has 19 nitrogen and oxygen atoms in total. The maximum atomic E-state index is 15.9. The Labute approximate surface area is 249 Å². The second-order valence-corrected chi connectivity index (χ2v) is 13.5. The number of halogens is 2. The van der Waals surface area contributed by atoms with E-state index in [1.54, 1.807) is 0 Å². The van der Waals surface area contributed by atoms with Gasteiger partial charge in [0, 0.05) is 4.57 Å². The SMILES string of the molecule is Nc1nc2c(ncn2[C@@H]2OC3COP(O)(=S)O[C@@H]4[C@H](F)[C@@H](CO[P+](=O)O[C@H]3[C@H]2F)O[C@H]4n2cnc3c(N)ncnc32)c(=O)[nH]1. The van der Waals surface area contributed by atoms with Crippen LogP contribution in [-0.2, 0) is 43.9 Å². The molecule has 2 bridgehead atoms. The molecule has 0 saturated carbocycles. The van der Waals surface area contributed by atoms with Gasteiger partial charge in [0.2, 0.25) is 5.95 Å². The summed E-state index contributed by atoms with van der Waals surface area (Å²) in [5.41, 5.74) is 10.9. The lowest BCUT2D eigenvalue weighted by Gasteiger charge is -2.26. The van der Waals surface area contributed by atoms with E-state index in [0.29, 0.717) is 0 Å². The maximum Gasteiger partial charge on any atom is 0.697 e. The van der Waals surface area contributed by atoms with Crippen molar-refractivity contribution < 1.29 is 45.8 Å². The summed E-state index contributed by atoms with van der Waals surface area (Å²) in [6.07, 6.45) is -9.37. The average Bonchev–Trinajstić information content (AvgIpc) is 3.72. The smallest absolute Gasteiger partial charge is 0.382 e. The zero-order chi connectivity index (χ0) is 30.9. The monoisotopic (exact) mass is 677 g/mol. The van der Waals surface area contributed by atoms with Crippen molar-refractivity contribution in [2.75, 3.05) is 24.7 Å². The number of aromatic nitrogens is 8. The van der Waals surface area contributed by atoms with Crippen molar-refractivity contribution in [3.8, 4) is 0 Å². The van der Waals surface area contributed by atoms with Crippen molar-refractivity contribution in [3.63, 3.8) is 0 Å². The number of aromatic amines is 1. The highest BCUT2D eigenvalue weighted by molar-refractivity contribution is 8.07. The van der Waals surface area contributed by atoms with Crippen LogP contribution >= 0.6 is 15.0 Å². The van der Waals surface area contributed by atoms with Crippen molar-refractivity contribution in [2.24, 2.45) is 0 Å². The van der Waals surface area contributed by atoms with Crippen LogP contribution in [0.25, 0.3) is 22.3 Å². The zero-order valence-corrected chi connectivity index (χ0v) is 24.4. The van der Waals surface area contributed by atoms with Crippen LogP contribution < -0.4 is 17.0 Å². The molecule has 3 aliphatic rings. The van der Waals surface area contributed by atoms with E-state index in [0.717, 1.165) is 10.9 Å². The number of hydrogen-bond acceptors (Lipinski definition) is 16. The summed E-state index contributed by atoms with van der Waals surface area (Å²) < 4.78 is 80.0. The highest BCUT2D eigenvalue weighted by Crippen LogP contribution is 2.52. The first-order chi connectivity index (χ1) is 21.0. The molecule has 24 heteroatoms. The van der Waals surface area contributed by atoms with Gasteiger partial charge in [0.15, 0.2) is 53.5 Å². The molecule has 6 N–H and O–H groups in total. The highest BCUT2D eigenvalue weighted by atomic mass is 32.5. The summed E-state index contributed by atoms with van der Waals surface area (Å²) in [6.45, 7) is -5.60. The quantitative estimate of drug-likeness (QED) is 0.208. The van der Waals surface area contributed by atoms with Crippen LogP contribution in [0.1, 0.15) is 12.5 Å². The largest absolute Gasteiger partial charge is 0.697 e. The first-order valence-electron chi connectivity index (χ1n) is 12.7. The number of rotatable bonds is 2. The maximum absolute atomic E-state index is 15.9. The number of nitrogen functional groups attached to an aromatic ring is 2. The Morgan fingerprint density at radius 1 is 1.00 bits per heavy atom. The van der Waals surface area contributed by atoms with Crippen LogP contribution in [0.4, 0.5) is 20.5 Å². The van der Waals surface area contributed by atoms with Gasteiger partial charge in [0.1, 0.15) is 36.8 Å². The standard InChI is InChI=1S/C20H20F2N10O9P2S/c21-8-6-1-36-42(34)40-12-7(39-18(9(12)22)32-5-28-11-16(32)29-20(24)30-17(11)33)2-37-43(35,44)41-13(8)19(38-6)31-4-27-10-14(23)25-3-26-15(10)31/h3-9,12-13,18-19H,1-2H2,(H5-,23,24,25,26,29,30,33,35,44)/p+1/t6-,7?,8-,9-,12-,13-,18-,19-,43?/m1/s1. The van der Waals surface area contributed by atoms with Crippen molar-refractivity contribution >= 4 is 60.9 Å². The third-order valence-electron chi connectivity index (χ3n) is 7.13. The van der Waals surface area contributed by atoms with Crippen LogP contribution in [-0.4, -0.2) is 93.9 Å². The summed E-state index contributed by atoms with van der Waals surface area (Å²) in [4.78, 5) is 45.5. The van der Waals surface area contributed by atoms with Gasteiger partial charge in [-0.25, -0.2) is 28.7 Å². The second kappa shape index (κ2) is 11.0. The van der Waals surface area contributed by atoms with Gasteiger partial charge >= 0.3 is 15.0 Å². The first-order valence-corrected chi connectivity index (χ1v) is 16.4. The molecule has 44 heavy (non-hydrogen) atoms. The molecule has 0 aliphatic carbocycles. The van der Waals surface area contributed by atoms with Crippen LogP contribution in [0, 0.1) is 0 Å². The molecule has 4 aromatic heterocycles. The molecule has 3 unspecified atom stereocenters. The molecule has 3 fully saturated rings. The number of anilines is 2.